The molecule has 1 rings (SSSR count). The van der Waals surface area contributed by atoms with Gasteiger partial charge in [0, 0.05) is 0 Å². The first kappa shape index (κ1) is 8.89. The van der Waals surface area contributed by atoms with E-state index < -0.39 is 12.4 Å². The molecule has 0 saturated carbocycles. The van der Waals surface area contributed by atoms with E-state index >= 15 is 0 Å². The lowest BCUT2D eigenvalue weighted by atomic mass is 10.4. The van der Waals surface area contributed by atoms with Crippen LogP contribution < -0.4 is 0 Å². The average molecular weight is 164 g/mol. The van der Waals surface area contributed by atoms with E-state index in [1.807, 2.05) is 0 Å². The molecular weight excluding hydrogens is 152 g/mol. The molecule has 66 valence electrons. The average Bonchev–Trinajstić information content (AvgIpc) is 2.15. The highest BCUT2D eigenvalue weighted by molar-refractivity contribution is 4.60. The Bertz CT molecular complexity index is 118. The van der Waals surface area contributed by atoms with Gasteiger partial charge in [0.15, 0.2) is 12.4 Å². The highest BCUT2D eigenvalue weighted by atomic mass is 17.2. The molecule has 5 heteroatoms. The molecule has 2 N–H and O–H groups in total. The second-order valence-electron chi connectivity index (χ2n) is 2.45. The molecule has 11 heavy (non-hydrogen) atoms. The number of hydrogen-bond donors (Lipinski definition) is 2. The number of aliphatic hydroxyl groups is 2. The fourth-order valence-electron chi connectivity index (χ4n) is 0.704. The summed E-state index contributed by atoms with van der Waals surface area (Å²) in [7, 11) is 0. The van der Waals surface area contributed by atoms with Gasteiger partial charge in [0.1, 0.15) is 6.10 Å². The summed E-state index contributed by atoms with van der Waals surface area (Å²) in [4.78, 5) is 9.38. The van der Waals surface area contributed by atoms with Crippen LogP contribution in [0.3, 0.4) is 0 Å². The summed E-state index contributed by atoms with van der Waals surface area (Å²) in [6.45, 7) is 1.68. The molecule has 0 radical (unpaired) electrons. The van der Waals surface area contributed by atoms with Crippen molar-refractivity contribution in [3.05, 3.63) is 0 Å². The topological polar surface area (TPSA) is 68.2 Å². The van der Waals surface area contributed by atoms with Gasteiger partial charge in [0.2, 0.25) is 0 Å². The van der Waals surface area contributed by atoms with E-state index in [4.69, 9.17) is 19.8 Å². The number of hydrogen-bond acceptors (Lipinski definition) is 5. The molecule has 0 aromatic carbocycles. The minimum absolute atomic E-state index is 0.221. The van der Waals surface area contributed by atoms with E-state index in [9.17, 15) is 0 Å². The molecular formula is C6H12O5. The van der Waals surface area contributed by atoms with Crippen LogP contribution in [0.5, 0.6) is 0 Å². The van der Waals surface area contributed by atoms with E-state index in [1.54, 1.807) is 6.92 Å². The highest BCUT2D eigenvalue weighted by Gasteiger charge is 2.26. The minimum Gasteiger partial charge on any atom is -0.393 e. The van der Waals surface area contributed by atoms with Crippen LogP contribution in [-0.2, 0) is 14.5 Å². The summed E-state index contributed by atoms with van der Waals surface area (Å²) in [5.41, 5.74) is 0. The largest absolute Gasteiger partial charge is 0.393 e. The van der Waals surface area contributed by atoms with Gasteiger partial charge in [0.05, 0.1) is 13.2 Å². The molecule has 0 bridgehead atoms. The van der Waals surface area contributed by atoms with Crippen LogP contribution in [0.2, 0.25) is 0 Å². The quantitative estimate of drug-likeness (QED) is 0.488. The van der Waals surface area contributed by atoms with Crippen molar-refractivity contribution in [1.29, 1.82) is 0 Å². The highest BCUT2D eigenvalue weighted by Crippen LogP contribution is 2.09. The summed E-state index contributed by atoms with van der Waals surface area (Å²) in [6.07, 6.45) is -2.13. The summed E-state index contributed by atoms with van der Waals surface area (Å²) in [5.74, 6) is 0. The zero-order chi connectivity index (χ0) is 8.27. The minimum atomic E-state index is -1.11. The van der Waals surface area contributed by atoms with Crippen LogP contribution in [-0.4, -0.2) is 41.9 Å². The fourth-order valence-corrected chi connectivity index (χ4v) is 0.704. The number of rotatable bonds is 1. The van der Waals surface area contributed by atoms with Crippen LogP contribution in [0.25, 0.3) is 0 Å². The molecule has 5 nitrogen and oxygen atoms in total. The molecule has 1 saturated heterocycles. The predicted octanol–water partition coefficient (Wildman–Crippen LogP) is -0.967. The van der Waals surface area contributed by atoms with Crippen molar-refractivity contribution < 1.29 is 24.7 Å². The van der Waals surface area contributed by atoms with Crippen LogP contribution in [0, 0.1) is 0 Å². The van der Waals surface area contributed by atoms with Crippen molar-refractivity contribution in [3.63, 3.8) is 0 Å². The normalized spacial score (nSPS) is 40.1. The fraction of sp³-hybridized carbons (Fsp3) is 1.00. The molecule has 0 spiro atoms. The lowest BCUT2D eigenvalue weighted by Crippen LogP contribution is -2.32. The molecule has 1 aliphatic rings. The van der Waals surface area contributed by atoms with Crippen molar-refractivity contribution in [2.24, 2.45) is 0 Å². The lowest BCUT2D eigenvalue weighted by molar-refractivity contribution is -0.354. The van der Waals surface area contributed by atoms with Crippen LogP contribution >= 0.6 is 0 Å². The van der Waals surface area contributed by atoms with E-state index in [1.165, 1.54) is 0 Å². The zero-order valence-corrected chi connectivity index (χ0v) is 6.27. The summed E-state index contributed by atoms with van der Waals surface area (Å²) >= 11 is 0. The Labute approximate surface area is 64.4 Å². The van der Waals surface area contributed by atoms with Gasteiger partial charge in [-0.3, -0.25) is 0 Å². The Morgan fingerprint density at radius 3 is 2.82 bits per heavy atom. The van der Waals surface area contributed by atoms with Gasteiger partial charge >= 0.3 is 0 Å². The molecule has 3 unspecified atom stereocenters. The third kappa shape index (κ3) is 2.39. The Morgan fingerprint density at radius 1 is 1.45 bits per heavy atom. The second-order valence-corrected chi connectivity index (χ2v) is 2.45. The lowest BCUT2D eigenvalue weighted by Gasteiger charge is -2.14. The van der Waals surface area contributed by atoms with Gasteiger partial charge in [-0.05, 0) is 6.92 Å². The van der Waals surface area contributed by atoms with Gasteiger partial charge in [-0.25, -0.2) is 9.78 Å². The Balaban J connectivity index is 2.41. The van der Waals surface area contributed by atoms with Crippen molar-refractivity contribution in [2.75, 3.05) is 13.2 Å². The van der Waals surface area contributed by atoms with Gasteiger partial charge in [-0.2, -0.15) is 0 Å². The molecule has 0 amide bonds. The summed E-state index contributed by atoms with van der Waals surface area (Å²) < 4.78 is 4.86. The molecule has 1 heterocycles. The third-order valence-electron chi connectivity index (χ3n) is 1.34. The van der Waals surface area contributed by atoms with Crippen LogP contribution in [0.15, 0.2) is 0 Å². The molecule has 0 aliphatic carbocycles. The monoisotopic (exact) mass is 164 g/mol. The maximum atomic E-state index is 9.08. The first-order valence-corrected chi connectivity index (χ1v) is 3.46. The van der Waals surface area contributed by atoms with E-state index in [0.29, 0.717) is 0 Å². The van der Waals surface area contributed by atoms with Gasteiger partial charge < -0.3 is 14.9 Å². The Morgan fingerprint density at radius 2 is 2.18 bits per heavy atom. The smallest absolute Gasteiger partial charge is 0.186 e. The molecule has 1 aliphatic heterocycles. The number of aliphatic hydroxyl groups excluding tert-OH is 2. The molecule has 1 fully saturated rings. The Hall–Kier alpha value is -0.200. The van der Waals surface area contributed by atoms with Crippen LogP contribution in [0.1, 0.15) is 6.92 Å². The van der Waals surface area contributed by atoms with Crippen LogP contribution in [0.4, 0.5) is 0 Å². The van der Waals surface area contributed by atoms with E-state index in [-0.39, 0.29) is 19.3 Å². The SMILES string of the molecule is CC1COC(O)C(CO)OO1. The maximum absolute atomic E-state index is 9.08. The standard InChI is InChI=1S/C6H12O5/c1-4-3-9-6(8)5(2-7)11-10-4/h4-8H,2-3H2,1H3. The first-order valence-electron chi connectivity index (χ1n) is 3.46. The van der Waals surface area contributed by atoms with Crippen molar-refractivity contribution in [1.82, 2.24) is 0 Å². The van der Waals surface area contributed by atoms with Crippen molar-refractivity contribution in [2.45, 2.75) is 25.4 Å². The van der Waals surface area contributed by atoms with Crippen molar-refractivity contribution >= 4 is 0 Å². The van der Waals surface area contributed by atoms with E-state index in [0.717, 1.165) is 0 Å². The predicted molar refractivity (Wildman–Crippen MR) is 34.5 cm³/mol. The maximum Gasteiger partial charge on any atom is 0.186 e. The number of ether oxygens (including phenoxy) is 1. The second kappa shape index (κ2) is 3.99. The zero-order valence-electron chi connectivity index (χ0n) is 6.27. The molecule has 0 aromatic rings. The van der Waals surface area contributed by atoms with Gasteiger partial charge in [0.25, 0.3) is 0 Å². The first-order chi connectivity index (χ1) is 5.24. The molecule has 3 atom stereocenters. The van der Waals surface area contributed by atoms with E-state index in [2.05, 4.69) is 4.89 Å². The van der Waals surface area contributed by atoms with Gasteiger partial charge in [-0.1, -0.05) is 0 Å². The van der Waals surface area contributed by atoms with Crippen molar-refractivity contribution in [3.8, 4) is 0 Å². The third-order valence-corrected chi connectivity index (χ3v) is 1.34. The molecule has 0 aromatic heterocycles. The van der Waals surface area contributed by atoms with Gasteiger partial charge in [-0.15, -0.1) is 0 Å². The summed E-state index contributed by atoms with van der Waals surface area (Å²) in [6, 6.07) is 0. The summed E-state index contributed by atoms with van der Waals surface area (Å²) in [5, 5.41) is 17.7. The Kier molecular flexibility index (Phi) is 3.22.